The van der Waals surface area contributed by atoms with Crippen molar-refractivity contribution < 1.29 is 0 Å². The molecule has 0 bridgehead atoms. The molecular formula is C16H20BrN3. The van der Waals surface area contributed by atoms with Gasteiger partial charge in [0.2, 0.25) is 0 Å². The minimum atomic E-state index is 0.321. The van der Waals surface area contributed by atoms with Crippen LogP contribution in [0.1, 0.15) is 17.3 Å². The standard InChI is InChI=1S/C16H20BrN3/c1-12-14(17)9-10-16(19-12)18-11-15(20(2)3)13-7-5-4-6-8-13/h4-10,15H,11H2,1-3H3,(H,18,19)/t15-/m0/s1. The van der Waals surface area contributed by atoms with Crippen LogP contribution in [0.3, 0.4) is 0 Å². The predicted octanol–water partition coefficient (Wildman–Crippen LogP) is 3.87. The summed E-state index contributed by atoms with van der Waals surface area (Å²) < 4.78 is 1.04. The molecule has 20 heavy (non-hydrogen) atoms. The van der Waals surface area contributed by atoms with Crippen LogP contribution in [0.5, 0.6) is 0 Å². The molecule has 0 aliphatic carbocycles. The lowest BCUT2D eigenvalue weighted by molar-refractivity contribution is 0.311. The molecule has 0 amide bonds. The first-order valence-corrected chi connectivity index (χ1v) is 7.45. The van der Waals surface area contributed by atoms with Crippen molar-refractivity contribution in [3.8, 4) is 0 Å². The Bertz CT molecular complexity index is 555. The van der Waals surface area contributed by atoms with E-state index in [1.165, 1.54) is 5.56 Å². The highest BCUT2D eigenvalue weighted by molar-refractivity contribution is 9.10. The van der Waals surface area contributed by atoms with E-state index < -0.39 is 0 Å². The van der Waals surface area contributed by atoms with Gasteiger partial charge in [-0.1, -0.05) is 30.3 Å². The van der Waals surface area contributed by atoms with E-state index >= 15 is 0 Å². The summed E-state index contributed by atoms with van der Waals surface area (Å²) in [5.41, 5.74) is 2.30. The van der Waals surface area contributed by atoms with Crippen molar-refractivity contribution in [2.45, 2.75) is 13.0 Å². The first kappa shape index (κ1) is 15.0. The Morgan fingerprint density at radius 2 is 1.85 bits per heavy atom. The van der Waals surface area contributed by atoms with Crippen LogP contribution in [-0.2, 0) is 0 Å². The molecule has 0 saturated carbocycles. The maximum Gasteiger partial charge on any atom is 0.126 e. The number of aryl methyl sites for hydroxylation is 1. The summed E-state index contributed by atoms with van der Waals surface area (Å²) in [4.78, 5) is 6.74. The zero-order chi connectivity index (χ0) is 14.5. The largest absolute Gasteiger partial charge is 0.368 e. The third-order valence-electron chi connectivity index (χ3n) is 3.31. The number of benzene rings is 1. The van der Waals surface area contributed by atoms with Crippen LogP contribution in [0.4, 0.5) is 5.82 Å². The Labute approximate surface area is 129 Å². The van der Waals surface area contributed by atoms with Gasteiger partial charge in [-0.15, -0.1) is 0 Å². The first-order chi connectivity index (χ1) is 9.58. The third-order valence-corrected chi connectivity index (χ3v) is 4.14. The van der Waals surface area contributed by atoms with Gasteiger partial charge in [0.1, 0.15) is 5.82 Å². The van der Waals surface area contributed by atoms with E-state index in [0.29, 0.717) is 6.04 Å². The van der Waals surface area contributed by atoms with Gasteiger partial charge in [0.25, 0.3) is 0 Å². The molecule has 0 spiro atoms. The molecule has 0 saturated heterocycles. The maximum atomic E-state index is 4.52. The number of halogens is 1. The second-order valence-corrected chi connectivity index (χ2v) is 5.89. The molecule has 0 radical (unpaired) electrons. The van der Waals surface area contributed by atoms with Gasteiger partial charge in [0.05, 0.1) is 11.7 Å². The van der Waals surface area contributed by atoms with Crippen molar-refractivity contribution in [3.05, 3.63) is 58.2 Å². The molecular weight excluding hydrogens is 314 g/mol. The molecule has 0 unspecified atom stereocenters. The van der Waals surface area contributed by atoms with E-state index in [4.69, 9.17) is 0 Å². The lowest BCUT2D eigenvalue weighted by atomic mass is 10.1. The summed E-state index contributed by atoms with van der Waals surface area (Å²) in [6, 6.07) is 14.9. The van der Waals surface area contributed by atoms with Crippen LogP contribution in [-0.4, -0.2) is 30.5 Å². The first-order valence-electron chi connectivity index (χ1n) is 6.66. The van der Waals surface area contributed by atoms with E-state index in [0.717, 1.165) is 22.5 Å². The highest BCUT2D eigenvalue weighted by atomic mass is 79.9. The molecule has 1 atom stereocenters. The zero-order valence-electron chi connectivity index (χ0n) is 12.1. The fourth-order valence-corrected chi connectivity index (χ4v) is 2.34. The van der Waals surface area contributed by atoms with Gasteiger partial charge >= 0.3 is 0 Å². The molecule has 1 aromatic heterocycles. The average Bonchev–Trinajstić information content (AvgIpc) is 2.44. The fourth-order valence-electron chi connectivity index (χ4n) is 2.12. The number of nitrogens with one attached hydrogen (secondary N) is 1. The normalized spacial score (nSPS) is 12.4. The number of anilines is 1. The van der Waals surface area contributed by atoms with Crippen LogP contribution in [0.25, 0.3) is 0 Å². The highest BCUT2D eigenvalue weighted by Crippen LogP contribution is 2.20. The molecule has 1 N–H and O–H groups in total. The monoisotopic (exact) mass is 333 g/mol. The van der Waals surface area contributed by atoms with E-state index in [2.05, 4.69) is 69.5 Å². The van der Waals surface area contributed by atoms with E-state index in [1.807, 2.05) is 25.1 Å². The minimum Gasteiger partial charge on any atom is -0.368 e. The second-order valence-electron chi connectivity index (χ2n) is 5.03. The molecule has 2 aromatic rings. The van der Waals surface area contributed by atoms with Gasteiger partial charge in [-0.05, 0) is 54.6 Å². The Balaban J connectivity index is 2.08. The van der Waals surface area contributed by atoms with Crippen molar-refractivity contribution in [2.75, 3.05) is 26.0 Å². The van der Waals surface area contributed by atoms with Crippen molar-refractivity contribution in [3.63, 3.8) is 0 Å². The fraction of sp³-hybridized carbons (Fsp3) is 0.312. The Hall–Kier alpha value is -1.39. The van der Waals surface area contributed by atoms with Gasteiger partial charge in [0, 0.05) is 11.0 Å². The Morgan fingerprint density at radius 1 is 1.15 bits per heavy atom. The summed E-state index contributed by atoms with van der Waals surface area (Å²) >= 11 is 3.47. The molecule has 0 aliphatic rings. The summed E-state index contributed by atoms with van der Waals surface area (Å²) in [5, 5.41) is 3.42. The summed E-state index contributed by atoms with van der Waals surface area (Å²) in [5.74, 6) is 0.911. The Kier molecular flexibility index (Phi) is 5.15. The summed E-state index contributed by atoms with van der Waals surface area (Å²) in [7, 11) is 4.19. The SMILES string of the molecule is Cc1nc(NC[C@@H](c2ccccc2)N(C)C)ccc1Br. The van der Waals surface area contributed by atoms with Gasteiger partial charge in [0.15, 0.2) is 0 Å². The lowest BCUT2D eigenvalue weighted by Crippen LogP contribution is -2.27. The molecule has 0 fully saturated rings. The van der Waals surface area contributed by atoms with Crippen LogP contribution in [0.15, 0.2) is 46.9 Å². The number of hydrogen-bond acceptors (Lipinski definition) is 3. The Morgan fingerprint density at radius 3 is 2.45 bits per heavy atom. The average molecular weight is 334 g/mol. The smallest absolute Gasteiger partial charge is 0.126 e. The van der Waals surface area contributed by atoms with Gasteiger partial charge in [-0.2, -0.15) is 0 Å². The van der Waals surface area contributed by atoms with E-state index in [9.17, 15) is 0 Å². The molecule has 1 heterocycles. The molecule has 4 heteroatoms. The van der Waals surface area contributed by atoms with Crippen LogP contribution in [0.2, 0.25) is 0 Å². The highest BCUT2D eigenvalue weighted by Gasteiger charge is 2.13. The predicted molar refractivity (Wildman–Crippen MR) is 88.0 cm³/mol. The molecule has 3 nitrogen and oxygen atoms in total. The summed E-state index contributed by atoms with van der Waals surface area (Å²) in [6.07, 6.45) is 0. The third kappa shape index (κ3) is 3.81. The quantitative estimate of drug-likeness (QED) is 0.900. The topological polar surface area (TPSA) is 28.2 Å². The van der Waals surface area contributed by atoms with E-state index in [-0.39, 0.29) is 0 Å². The minimum absolute atomic E-state index is 0.321. The van der Waals surface area contributed by atoms with Crippen LogP contribution < -0.4 is 5.32 Å². The molecule has 2 rings (SSSR count). The maximum absolute atomic E-state index is 4.52. The number of pyridine rings is 1. The van der Waals surface area contributed by atoms with Crippen LogP contribution in [0, 0.1) is 6.92 Å². The number of hydrogen-bond donors (Lipinski definition) is 1. The van der Waals surface area contributed by atoms with Gasteiger partial charge in [-0.25, -0.2) is 4.98 Å². The number of nitrogens with zero attached hydrogens (tertiary/aromatic N) is 2. The number of aromatic nitrogens is 1. The summed E-state index contributed by atoms with van der Waals surface area (Å²) in [6.45, 7) is 2.82. The zero-order valence-corrected chi connectivity index (χ0v) is 13.7. The van der Waals surface area contributed by atoms with Gasteiger partial charge in [-0.3, -0.25) is 0 Å². The van der Waals surface area contributed by atoms with Crippen LogP contribution >= 0.6 is 15.9 Å². The number of rotatable bonds is 5. The van der Waals surface area contributed by atoms with Crippen molar-refractivity contribution >= 4 is 21.7 Å². The molecule has 106 valence electrons. The van der Waals surface area contributed by atoms with Gasteiger partial charge < -0.3 is 10.2 Å². The second kappa shape index (κ2) is 6.86. The molecule has 1 aromatic carbocycles. The van der Waals surface area contributed by atoms with Crippen molar-refractivity contribution in [2.24, 2.45) is 0 Å². The van der Waals surface area contributed by atoms with Crippen molar-refractivity contribution in [1.29, 1.82) is 0 Å². The number of likely N-dealkylation sites (N-methyl/N-ethyl adjacent to an activating group) is 1. The van der Waals surface area contributed by atoms with E-state index in [1.54, 1.807) is 0 Å². The van der Waals surface area contributed by atoms with Crippen molar-refractivity contribution in [1.82, 2.24) is 9.88 Å². The molecule has 0 aliphatic heterocycles. The lowest BCUT2D eigenvalue weighted by Gasteiger charge is -2.25.